The average molecular weight is 265 g/mol. The number of fused-ring (bicyclic) bond motifs is 4. The van der Waals surface area contributed by atoms with Gasteiger partial charge in [-0.05, 0) is 23.3 Å². The van der Waals surface area contributed by atoms with E-state index in [1.54, 1.807) is 0 Å². The lowest BCUT2D eigenvalue weighted by atomic mass is 9.98. The topological polar surface area (TPSA) is 47.0 Å². The van der Waals surface area contributed by atoms with Gasteiger partial charge in [0.2, 0.25) is 0 Å². The van der Waals surface area contributed by atoms with Crippen LogP contribution in [0, 0.1) is 0 Å². The molecular weight excluding hydrogens is 250 g/mol. The molecule has 3 rings (SSSR count). The number of hydrogen-bond acceptors (Lipinski definition) is 3. The van der Waals surface area contributed by atoms with Crippen molar-refractivity contribution in [2.75, 3.05) is 0 Å². The maximum absolute atomic E-state index is 12.1. The zero-order valence-corrected chi connectivity index (χ0v) is 11.1. The van der Waals surface area contributed by atoms with Gasteiger partial charge in [-0.1, -0.05) is 30.3 Å². The Labute approximate surface area is 117 Å². The molecule has 2 heterocycles. The van der Waals surface area contributed by atoms with Gasteiger partial charge in [0.15, 0.2) is 0 Å². The van der Waals surface area contributed by atoms with Crippen molar-refractivity contribution in [2.24, 2.45) is 0 Å². The molecule has 1 aromatic carbocycles. The van der Waals surface area contributed by atoms with E-state index in [0.717, 1.165) is 22.5 Å². The van der Waals surface area contributed by atoms with Crippen LogP contribution < -0.4 is 0 Å². The molecule has 0 unspecified atom stereocenters. The Hall–Kier alpha value is -2.29. The fraction of sp³-hybridized carbons (Fsp3) is 0.235. The van der Waals surface area contributed by atoms with Crippen LogP contribution >= 0.6 is 0 Å². The van der Waals surface area contributed by atoms with Crippen LogP contribution in [-0.4, -0.2) is 16.6 Å². The number of benzene rings is 1. The van der Waals surface area contributed by atoms with Crippen LogP contribution in [0.1, 0.15) is 22.5 Å². The Morgan fingerprint density at radius 3 is 1.75 bits per heavy atom. The van der Waals surface area contributed by atoms with Crippen molar-refractivity contribution >= 4 is 11.6 Å². The summed E-state index contributed by atoms with van der Waals surface area (Å²) in [6.07, 6.45) is 1.44. The summed E-state index contributed by atoms with van der Waals surface area (Å²) in [6.45, 7) is 0. The second-order valence-corrected chi connectivity index (χ2v) is 5.22. The van der Waals surface area contributed by atoms with Crippen LogP contribution in [0.15, 0.2) is 42.5 Å². The summed E-state index contributed by atoms with van der Waals surface area (Å²) < 4.78 is 0. The van der Waals surface area contributed by atoms with E-state index in [2.05, 4.69) is 4.98 Å². The highest BCUT2D eigenvalue weighted by atomic mass is 16.1. The molecule has 1 aliphatic heterocycles. The van der Waals surface area contributed by atoms with E-state index in [1.807, 2.05) is 42.5 Å². The van der Waals surface area contributed by atoms with Crippen LogP contribution in [0.4, 0.5) is 0 Å². The van der Waals surface area contributed by atoms with E-state index < -0.39 is 0 Å². The molecule has 4 bridgehead atoms. The SMILES string of the molecule is O=C1Cc2cccc(c2)CC(=O)Cc2cccc(n2)C1. The maximum atomic E-state index is 12.1. The molecule has 3 nitrogen and oxygen atoms in total. The molecule has 0 N–H and O–H groups in total. The third kappa shape index (κ3) is 2.99. The minimum Gasteiger partial charge on any atom is -0.299 e. The van der Waals surface area contributed by atoms with Crippen molar-refractivity contribution < 1.29 is 9.59 Å². The molecule has 0 radical (unpaired) electrons. The monoisotopic (exact) mass is 265 g/mol. The van der Waals surface area contributed by atoms with Crippen molar-refractivity contribution in [1.82, 2.24) is 4.98 Å². The van der Waals surface area contributed by atoms with Crippen molar-refractivity contribution in [3.63, 3.8) is 0 Å². The van der Waals surface area contributed by atoms with Crippen LogP contribution in [0.5, 0.6) is 0 Å². The summed E-state index contributed by atoms with van der Waals surface area (Å²) in [6, 6.07) is 13.3. The largest absolute Gasteiger partial charge is 0.299 e. The van der Waals surface area contributed by atoms with Gasteiger partial charge in [-0.15, -0.1) is 0 Å². The lowest BCUT2D eigenvalue weighted by Crippen LogP contribution is -2.13. The molecule has 1 aliphatic rings. The van der Waals surface area contributed by atoms with Crippen molar-refractivity contribution in [1.29, 1.82) is 0 Å². The highest BCUT2D eigenvalue weighted by Gasteiger charge is 2.12. The van der Waals surface area contributed by atoms with Crippen LogP contribution in [0.3, 0.4) is 0 Å². The smallest absolute Gasteiger partial charge is 0.143 e. The number of rotatable bonds is 0. The summed E-state index contributed by atoms with van der Waals surface area (Å²) in [5, 5.41) is 0. The number of nitrogens with zero attached hydrogens (tertiary/aromatic N) is 1. The molecule has 0 fully saturated rings. The van der Waals surface area contributed by atoms with E-state index in [4.69, 9.17) is 0 Å². The first kappa shape index (κ1) is 12.7. The Morgan fingerprint density at radius 2 is 1.20 bits per heavy atom. The van der Waals surface area contributed by atoms with E-state index in [-0.39, 0.29) is 11.6 Å². The molecule has 0 amide bonds. The Kier molecular flexibility index (Phi) is 3.42. The van der Waals surface area contributed by atoms with Gasteiger partial charge in [0.1, 0.15) is 11.6 Å². The average Bonchev–Trinajstić information content (AvgIpc) is 2.38. The minimum atomic E-state index is 0.152. The van der Waals surface area contributed by atoms with Crippen LogP contribution in [0.25, 0.3) is 0 Å². The zero-order chi connectivity index (χ0) is 13.9. The molecular formula is C17H15NO2. The van der Waals surface area contributed by atoms with Crippen molar-refractivity contribution in [3.8, 4) is 0 Å². The minimum absolute atomic E-state index is 0.152. The normalized spacial score (nSPS) is 15.4. The predicted molar refractivity (Wildman–Crippen MR) is 75.5 cm³/mol. The second kappa shape index (κ2) is 5.37. The first-order valence-electron chi connectivity index (χ1n) is 6.75. The third-order valence-corrected chi connectivity index (χ3v) is 3.41. The predicted octanol–water partition coefficient (Wildman–Crippen LogP) is 2.10. The Morgan fingerprint density at radius 1 is 0.700 bits per heavy atom. The van der Waals surface area contributed by atoms with Gasteiger partial charge in [0, 0.05) is 37.1 Å². The summed E-state index contributed by atoms with van der Waals surface area (Å²) in [7, 11) is 0. The maximum Gasteiger partial charge on any atom is 0.143 e. The van der Waals surface area contributed by atoms with E-state index >= 15 is 0 Å². The molecule has 20 heavy (non-hydrogen) atoms. The number of pyridine rings is 1. The zero-order valence-electron chi connectivity index (χ0n) is 11.1. The summed E-state index contributed by atoms with van der Waals surface area (Å²) in [4.78, 5) is 28.5. The fourth-order valence-electron chi connectivity index (χ4n) is 2.56. The molecule has 2 aromatic rings. The van der Waals surface area contributed by atoms with Crippen molar-refractivity contribution in [2.45, 2.75) is 25.7 Å². The number of aromatic nitrogens is 1. The van der Waals surface area contributed by atoms with Gasteiger partial charge >= 0.3 is 0 Å². The molecule has 0 saturated carbocycles. The number of ketones is 2. The first-order valence-corrected chi connectivity index (χ1v) is 6.75. The van der Waals surface area contributed by atoms with Crippen molar-refractivity contribution in [3.05, 3.63) is 65.0 Å². The molecule has 1 aromatic heterocycles. The summed E-state index contributed by atoms with van der Waals surface area (Å²) in [5.74, 6) is 0.303. The van der Waals surface area contributed by atoms with Gasteiger partial charge in [0.05, 0.1) is 0 Å². The number of carbonyl (C=O) groups is 2. The summed E-state index contributed by atoms with van der Waals surface area (Å²) in [5.41, 5.74) is 3.43. The lowest BCUT2D eigenvalue weighted by molar-refractivity contribution is -0.118. The molecule has 0 spiro atoms. The van der Waals surface area contributed by atoms with Gasteiger partial charge in [-0.25, -0.2) is 0 Å². The van der Waals surface area contributed by atoms with E-state index in [1.165, 1.54) is 0 Å². The van der Waals surface area contributed by atoms with Crippen LogP contribution in [-0.2, 0) is 35.3 Å². The van der Waals surface area contributed by atoms with Gasteiger partial charge in [-0.3, -0.25) is 14.6 Å². The van der Waals surface area contributed by atoms with Gasteiger partial charge in [-0.2, -0.15) is 0 Å². The quantitative estimate of drug-likeness (QED) is 0.733. The number of Topliss-reactive ketones (excluding diaryl/α,β-unsaturated/α-hetero) is 2. The first-order chi connectivity index (χ1) is 9.69. The third-order valence-electron chi connectivity index (χ3n) is 3.41. The molecule has 100 valence electrons. The van der Waals surface area contributed by atoms with Gasteiger partial charge < -0.3 is 0 Å². The number of carbonyl (C=O) groups excluding carboxylic acids is 2. The van der Waals surface area contributed by atoms with Crippen LogP contribution in [0.2, 0.25) is 0 Å². The van der Waals surface area contributed by atoms with Gasteiger partial charge in [0.25, 0.3) is 0 Å². The summed E-state index contributed by atoms with van der Waals surface area (Å²) >= 11 is 0. The lowest BCUT2D eigenvalue weighted by Gasteiger charge is -2.08. The molecule has 0 saturated heterocycles. The Bertz CT molecular complexity index is 570. The van der Waals surface area contributed by atoms with E-state index in [0.29, 0.717) is 25.7 Å². The fourth-order valence-corrected chi connectivity index (χ4v) is 2.56. The molecule has 0 atom stereocenters. The second-order valence-electron chi connectivity index (χ2n) is 5.22. The molecule has 0 aliphatic carbocycles. The van der Waals surface area contributed by atoms with E-state index in [9.17, 15) is 9.59 Å². The number of hydrogen-bond donors (Lipinski definition) is 0. The molecule has 3 heteroatoms. The Balaban J connectivity index is 1.97. The highest BCUT2D eigenvalue weighted by Crippen LogP contribution is 2.12. The highest BCUT2D eigenvalue weighted by molar-refractivity contribution is 5.84. The standard InChI is InChI=1S/C17H15NO2/c19-16-8-12-3-1-4-13(7-12)9-17(20)11-15-6-2-5-14(10-16)18-15/h1-7H,8-11H2.